The molecule has 32 heavy (non-hydrogen) atoms. The number of fused-ring (bicyclic) bond motifs is 3. The molecule has 0 unspecified atom stereocenters. The van der Waals surface area contributed by atoms with E-state index in [2.05, 4.69) is 4.98 Å². The fraction of sp³-hybridized carbons (Fsp3) is 0.233. The second-order valence-electron chi connectivity index (χ2n) is 9.06. The lowest BCUT2D eigenvalue weighted by molar-refractivity contribution is 0.411. The Morgan fingerprint density at radius 2 is 1.75 bits per heavy atom. The monoisotopic (exact) mass is 427 g/mol. The van der Waals surface area contributed by atoms with Gasteiger partial charge in [-0.25, -0.2) is 0 Å². The third-order valence-electron chi connectivity index (χ3n) is 5.39. The van der Waals surface area contributed by atoms with Gasteiger partial charge in [0.15, 0.2) is 0 Å². The number of hydrogen-bond donors (Lipinski definition) is 0. The van der Waals surface area contributed by atoms with Crippen LogP contribution in [-0.2, 0) is 6.37 Å². The first-order valence-corrected chi connectivity index (χ1v) is 10.6. The summed E-state index contributed by atoms with van der Waals surface area (Å²) >= 11 is 0. The normalized spacial score (nSPS) is 17.0. The quantitative estimate of drug-likeness (QED) is 0.288. The van der Waals surface area contributed by atoms with E-state index in [1.54, 1.807) is 42.5 Å². The highest BCUT2D eigenvalue weighted by Crippen LogP contribution is 2.37. The molecule has 0 N–H and O–H groups in total. The van der Waals surface area contributed by atoms with Gasteiger partial charge in [0.1, 0.15) is 11.2 Å². The lowest BCUT2D eigenvalue weighted by Crippen LogP contribution is -2.08. The van der Waals surface area contributed by atoms with Crippen molar-refractivity contribution < 1.29 is 15.4 Å². The van der Waals surface area contributed by atoms with Gasteiger partial charge in [-0.15, -0.1) is 0 Å². The zero-order chi connectivity index (χ0) is 29.3. The molecule has 0 bridgehead atoms. The van der Waals surface area contributed by atoms with Gasteiger partial charge in [-0.05, 0) is 71.5 Å². The van der Waals surface area contributed by atoms with Gasteiger partial charge < -0.3 is 4.42 Å². The number of pyridine rings is 1. The molecule has 2 heteroatoms. The molecule has 2 heterocycles. The second kappa shape index (κ2) is 7.63. The maximum absolute atomic E-state index is 8.58. The smallest absolute Gasteiger partial charge is 0.144 e. The van der Waals surface area contributed by atoms with Crippen LogP contribution in [0, 0.1) is 19.1 Å². The topological polar surface area (TPSA) is 26.0 Å². The van der Waals surface area contributed by atoms with Gasteiger partial charge in [-0.3, -0.25) is 4.98 Å². The van der Waals surface area contributed by atoms with E-state index in [9.17, 15) is 0 Å². The van der Waals surface area contributed by atoms with Crippen molar-refractivity contribution >= 4 is 21.9 Å². The Morgan fingerprint density at radius 3 is 2.50 bits per heavy atom. The number of aromatic nitrogens is 1. The van der Waals surface area contributed by atoms with Gasteiger partial charge in [0.25, 0.3) is 0 Å². The first-order chi connectivity index (χ1) is 18.5. The summed E-state index contributed by atoms with van der Waals surface area (Å²) < 4.78 is 70.8. The summed E-state index contributed by atoms with van der Waals surface area (Å²) in [6.45, 7) is 0.832. The molecule has 5 aromatic rings. The molecule has 3 aromatic carbocycles. The van der Waals surface area contributed by atoms with Crippen LogP contribution in [0.25, 0.3) is 44.3 Å². The SMILES string of the molecule is [2H]C([2H])([2H])c1ccc2c(c1)oc1c(-c3cc(-c4ccc(C([2H])([2H])C(C)(C)C)cc4)c(C([2H])([2H])[2H])cn3)cccc12. The summed E-state index contributed by atoms with van der Waals surface area (Å²) in [6.07, 6.45) is -0.230. The van der Waals surface area contributed by atoms with Crippen molar-refractivity contribution in [3.8, 4) is 22.4 Å². The van der Waals surface area contributed by atoms with E-state index >= 15 is 0 Å². The van der Waals surface area contributed by atoms with Crippen LogP contribution < -0.4 is 0 Å². The van der Waals surface area contributed by atoms with Crippen LogP contribution in [0.1, 0.15) is 48.4 Å². The van der Waals surface area contributed by atoms with Crippen molar-refractivity contribution in [2.45, 2.75) is 40.8 Å². The summed E-state index contributed by atoms with van der Waals surface area (Å²) in [7, 11) is 0. The summed E-state index contributed by atoms with van der Waals surface area (Å²) in [5.41, 5.74) is 3.35. The first-order valence-electron chi connectivity index (χ1n) is 14.6. The van der Waals surface area contributed by atoms with Crippen molar-refractivity contribution in [1.82, 2.24) is 4.98 Å². The third kappa shape index (κ3) is 3.82. The predicted molar refractivity (Wildman–Crippen MR) is 135 cm³/mol. The van der Waals surface area contributed by atoms with Gasteiger partial charge in [0, 0.05) is 33.5 Å². The Balaban J connectivity index is 1.67. The number of rotatable bonds is 3. The van der Waals surface area contributed by atoms with Crippen LogP contribution in [0.5, 0.6) is 0 Å². The van der Waals surface area contributed by atoms with Crippen molar-refractivity contribution in [2.24, 2.45) is 5.41 Å². The van der Waals surface area contributed by atoms with E-state index < -0.39 is 25.5 Å². The Kier molecular flexibility index (Phi) is 3.15. The van der Waals surface area contributed by atoms with Crippen molar-refractivity contribution in [2.75, 3.05) is 0 Å². The van der Waals surface area contributed by atoms with Crippen LogP contribution in [0.2, 0.25) is 0 Å². The van der Waals surface area contributed by atoms with Crippen LogP contribution >= 0.6 is 0 Å². The van der Waals surface area contributed by atoms with Gasteiger partial charge in [0.2, 0.25) is 0 Å². The molecule has 5 rings (SSSR count). The number of hydrogen-bond acceptors (Lipinski definition) is 2. The summed E-state index contributed by atoms with van der Waals surface area (Å²) in [5.74, 6) is 0. The van der Waals surface area contributed by atoms with Gasteiger partial charge in [0.05, 0.1) is 5.69 Å². The molecule has 0 aliphatic heterocycles. The molecule has 160 valence electrons. The Labute approximate surface area is 201 Å². The van der Waals surface area contributed by atoms with Gasteiger partial charge in [-0.2, -0.15) is 0 Å². The molecule has 0 amide bonds. The molecule has 0 spiro atoms. The maximum atomic E-state index is 8.58. The molecule has 0 saturated carbocycles. The minimum atomic E-state index is -2.42. The Bertz CT molecular complexity index is 1720. The van der Waals surface area contributed by atoms with Crippen LogP contribution in [-0.4, -0.2) is 4.98 Å². The van der Waals surface area contributed by atoms with Crippen LogP contribution in [0.15, 0.2) is 77.3 Å². The van der Waals surface area contributed by atoms with Gasteiger partial charge >= 0.3 is 0 Å². The highest BCUT2D eigenvalue weighted by Gasteiger charge is 2.15. The molecule has 2 nitrogen and oxygen atoms in total. The highest BCUT2D eigenvalue weighted by atomic mass is 16.3. The molecule has 0 atom stereocenters. The maximum Gasteiger partial charge on any atom is 0.144 e. The first kappa shape index (κ1) is 13.2. The summed E-state index contributed by atoms with van der Waals surface area (Å²) in [4.78, 5) is 4.50. The highest BCUT2D eigenvalue weighted by molar-refractivity contribution is 6.09. The van der Waals surface area contributed by atoms with Crippen LogP contribution in [0.4, 0.5) is 0 Å². The minimum absolute atomic E-state index is 0.0851. The average Bonchev–Trinajstić information content (AvgIpc) is 3.25. The number of aryl methyl sites for hydroxylation is 2. The number of benzene rings is 3. The summed E-state index contributed by atoms with van der Waals surface area (Å²) in [6, 6.07) is 19.0. The fourth-order valence-corrected chi connectivity index (χ4v) is 4.01. The molecular formula is C30H29NO. The van der Waals surface area contributed by atoms with E-state index in [4.69, 9.17) is 15.4 Å². The second-order valence-corrected chi connectivity index (χ2v) is 9.06. The van der Waals surface area contributed by atoms with E-state index in [1.165, 1.54) is 12.3 Å². The molecule has 0 saturated heterocycles. The van der Waals surface area contributed by atoms with Crippen LogP contribution in [0.3, 0.4) is 0 Å². The zero-order valence-electron chi connectivity index (χ0n) is 26.3. The average molecular weight is 428 g/mol. The number of para-hydroxylation sites is 1. The van der Waals surface area contributed by atoms with E-state index in [0.717, 1.165) is 10.8 Å². The lowest BCUT2D eigenvalue weighted by Gasteiger charge is -2.18. The molecule has 0 aliphatic rings. The van der Waals surface area contributed by atoms with E-state index in [-0.39, 0.29) is 11.1 Å². The summed E-state index contributed by atoms with van der Waals surface area (Å²) in [5, 5.41) is 1.56. The molecular weight excluding hydrogens is 390 g/mol. The minimum Gasteiger partial charge on any atom is -0.455 e. The number of nitrogens with zero attached hydrogens (tertiary/aromatic N) is 1. The van der Waals surface area contributed by atoms with E-state index in [0.29, 0.717) is 39.1 Å². The molecule has 0 fully saturated rings. The Hall–Kier alpha value is -3.39. The largest absolute Gasteiger partial charge is 0.455 e. The predicted octanol–water partition coefficient (Wildman–Crippen LogP) is 8.52. The van der Waals surface area contributed by atoms with E-state index in [1.807, 2.05) is 39.0 Å². The number of furan rings is 1. The van der Waals surface area contributed by atoms with Gasteiger partial charge in [-0.1, -0.05) is 69.3 Å². The standard InChI is InChI=1S/C30H29NO/c1-19-9-14-23-24-7-6-8-25(29(24)32-28(23)15-19)27-16-26(20(2)18-31-27)22-12-10-21(11-13-22)17-30(3,4)5/h6-16,18H,17H2,1-5H3/i1D3,2D3,17D2. The Morgan fingerprint density at radius 1 is 0.906 bits per heavy atom. The van der Waals surface area contributed by atoms with Crippen molar-refractivity contribution in [3.05, 3.63) is 89.6 Å². The molecule has 0 radical (unpaired) electrons. The van der Waals surface area contributed by atoms with Crippen molar-refractivity contribution in [3.63, 3.8) is 0 Å². The third-order valence-corrected chi connectivity index (χ3v) is 5.39. The molecule has 2 aromatic heterocycles. The lowest BCUT2D eigenvalue weighted by atomic mass is 9.87. The van der Waals surface area contributed by atoms with Crippen molar-refractivity contribution in [1.29, 1.82) is 0 Å². The zero-order valence-corrected chi connectivity index (χ0v) is 18.3. The fourth-order valence-electron chi connectivity index (χ4n) is 4.01. The molecule has 0 aliphatic carbocycles.